The van der Waals surface area contributed by atoms with E-state index in [1.807, 2.05) is 12.1 Å². The quantitative estimate of drug-likeness (QED) is 0.929. The van der Waals surface area contributed by atoms with Gasteiger partial charge in [0, 0.05) is 25.3 Å². The molecule has 2 aliphatic heterocycles. The van der Waals surface area contributed by atoms with Crippen molar-refractivity contribution in [1.29, 1.82) is 0 Å². The second-order valence-corrected chi connectivity index (χ2v) is 6.67. The van der Waals surface area contributed by atoms with Crippen molar-refractivity contribution in [3.8, 4) is 0 Å². The summed E-state index contributed by atoms with van der Waals surface area (Å²) in [5, 5.41) is 2.95. The van der Waals surface area contributed by atoms with Gasteiger partial charge in [0.1, 0.15) is 0 Å². The van der Waals surface area contributed by atoms with Crippen molar-refractivity contribution in [1.82, 2.24) is 9.88 Å². The Balaban J connectivity index is 1.59. The Kier molecular flexibility index (Phi) is 4.74. The minimum atomic E-state index is -0.0615. The normalized spacial score (nSPS) is 29.1. The van der Waals surface area contributed by atoms with Gasteiger partial charge < -0.3 is 15.0 Å². The molecule has 2 saturated heterocycles. The predicted octanol–water partition coefficient (Wildman–Crippen LogP) is 2.16. The third-order valence-electron chi connectivity index (χ3n) is 4.82. The van der Waals surface area contributed by atoms with Gasteiger partial charge in [0.25, 0.3) is 0 Å². The minimum absolute atomic E-state index is 0.0492. The molecule has 3 heterocycles. The van der Waals surface area contributed by atoms with Gasteiger partial charge in [-0.2, -0.15) is 0 Å². The molecule has 3 rings (SSSR count). The van der Waals surface area contributed by atoms with Crippen LogP contribution >= 0.6 is 0 Å². The number of nitrogens with zero attached hydrogens (tertiary/aromatic N) is 2. The second kappa shape index (κ2) is 6.75. The molecule has 0 aromatic carbocycles. The van der Waals surface area contributed by atoms with Crippen LogP contribution in [0.2, 0.25) is 0 Å². The Bertz CT molecular complexity index is 506. The van der Waals surface area contributed by atoms with E-state index in [2.05, 4.69) is 29.0 Å². The molecule has 0 spiro atoms. The van der Waals surface area contributed by atoms with Crippen molar-refractivity contribution >= 4 is 11.6 Å². The lowest BCUT2D eigenvalue weighted by molar-refractivity contribution is -0.134. The largest absolute Gasteiger partial charge is 0.377 e. The van der Waals surface area contributed by atoms with Gasteiger partial charge in [0.05, 0.1) is 30.5 Å². The van der Waals surface area contributed by atoms with E-state index >= 15 is 0 Å². The van der Waals surface area contributed by atoms with Gasteiger partial charge in [0.15, 0.2) is 0 Å². The molecule has 5 heteroatoms. The number of nitrogens with one attached hydrogen (secondary N) is 1. The number of likely N-dealkylation sites (tertiary alicyclic amines) is 1. The smallest absolute Gasteiger partial charge is 0.229 e. The molecule has 2 fully saturated rings. The zero-order valence-corrected chi connectivity index (χ0v) is 13.4. The lowest BCUT2D eigenvalue weighted by atomic mass is 9.83. The van der Waals surface area contributed by atoms with E-state index in [-0.39, 0.29) is 11.8 Å². The van der Waals surface area contributed by atoms with Crippen LogP contribution in [0.3, 0.4) is 0 Å². The maximum absolute atomic E-state index is 12.4. The molecule has 22 heavy (non-hydrogen) atoms. The van der Waals surface area contributed by atoms with Gasteiger partial charge in [-0.3, -0.25) is 9.78 Å². The molecule has 2 aliphatic rings. The second-order valence-electron chi connectivity index (χ2n) is 6.67. The topological polar surface area (TPSA) is 54.5 Å². The number of carbonyl (C=O) groups excluding carboxylic acids is 1. The predicted molar refractivity (Wildman–Crippen MR) is 85.5 cm³/mol. The molecular formula is C17H25N3O2. The lowest BCUT2D eigenvalue weighted by Gasteiger charge is -2.44. The zero-order chi connectivity index (χ0) is 15.5. The van der Waals surface area contributed by atoms with Gasteiger partial charge >= 0.3 is 0 Å². The van der Waals surface area contributed by atoms with Crippen molar-refractivity contribution in [3.05, 3.63) is 24.5 Å². The van der Waals surface area contributed by atoms with E-state index in [0.29, 0.717) is 24.7 Å². The van der Waals surface area contributed by atoms with E-state index in [1.165, 1.54) is 0 Å². The van der Waals surface area contributed by atoms with Gasteiger partial charge in [0.2, 0.25) is 5.91 Å². The van der Waals surface area contributed by atoms with Crippen molar-refractivity contribution in [2.45, 2.75) is 38.8 Å². The number of fused-ring (bicyclic) bond motifs is 1. The summed E-state index contributed by atoms with van der Waals surface area (Å²) in [6.07, 6.45) is 5.70. The molecule has 1 amide bonds. The standard InChI is InChI=1S/C17H25N3O2/c1-12(2)20-7-5-16-13(10-20)8-14(11-22-16)17(21)19-15-4-3-6-18-9-15/h3-4,6,9,12-14,16H,5,7-8,10-11H2,1-2H3,(H,19,21)/t13-,14-,16+/m1/s1. The van der Waals surface area contributed by atoms with Crippen molar-refractivity contribution < 1.29 is 9.53 Å². The van der Waals surface area contributed by atoms with Crippen molar-refractivity contribution in [2.75, 3.05) is 25.0 Å². The van der Waals surface area contributed by atoms with Gasteiger partial charge in [-0.1, -0.05) is 0 Å². The molecule has 0 aliphatic carbocycles. The van der Waals surface area contributed by atoms with Crippen LogP contribution in [-0.4, -0.2) is 47.6 Å². The fourth-order valence-electron chi connectivity index (χ4n) is 3.49. The van der Waals surface area contributed by atoms with Gasteiger partial charge in [-0.15, -0.1) is 0 Å². The van der Waals surface area contributed by atoms with Crippen molar-refractivity contribution in [2.24, 2.45) is 11.8 Å². The van der Waals surface area contributed by atoms with E-state index in [1.54, 1.807) is 12.4 Å². The monoisotopic (exact) mass is 303 g/mol. The van der Waals surface area contributed by atoms with Gasteiger partial charge in [-0.25, -0.2) is 0 Å². The third-order valence-corrected chi connectivity index (χ3v) is 4.82. The highest BCUT2D eigenvalue weighted by molar-refractivity contribution is 5.92. The Morgan fingerprint density at radius 1 is 1.50 bits per heavy atom. The van der Waals surface area contributed by atoms with Crippen LogP contribution in [0.5, 0.6) is 0 Å². The number of anilines is 1. The number of amides is 1. The fraction of sp³-hybridized carbons (Fsp3) is 0.647. The van der Waals surface area contributed by atoms with E-state index in [4.69, 9.17) is 4.74 Å². The summed E-state index contributed by atoms with van der Waals surface area (Å²) < 4.78 is 5.98. The number of hydrogen-bond donors (Lipinski definition) is 1. The van der Waals surface area contributed by atoms with Crippen LogP contribution in [-0.2, 0) is 9.53 Å². The Hall–Kier alpha value is -1.46. The molecule has 0 unspecified atom stereocenters. The van der Waals surface area contributed by atoms with Crippen LogP contribution in [0.4, 0.5) is 5.69 Å². The third kappa shape index (κ3) is 3.47. The molecule has 120 valence electrons. The van der Waals surface area contributed by atoms with E-state index in [9.17, 15) is 4.79 Å². The number of aromatic nitrogens is 1. The molecule has 0 radical (unpaired) electrons. The SMILES string of the molecule is CC(C)N1CC[C@@H]2OC[C@H](C(=O)Nc3cccnc3)C[C@@H]2C1. The van der Waals surface area contributed by atoms with Crippen molar-refractivity contribution in [3.63, 3.8) is 0 Å². The van der Waals surface area contributed by atoms with Crippen LogP contribution < -0.4 is 5.32 Å². The Morgan fingerprint density at radius 3 is 3.09 bits per heavy atom. The average molecular weight is 303 g/mol. The number of ether oxygens (including phenoxy) is 1. The average Bonchev–Trinajstić information content (AvgIpc) is 2.54. The maximum Gasteiger partial charge on any atom is 0.229 e. The molecule has 0 bridgehead atoms. The molecule has 0 saturated carbocycles. The molecule has 1 N–H and O–H groups in total. The number of pyridine rings is 1. The highest BCUT2D eigenvalue weighted by Gasteiger charge is 2.38. The van der Waals surface area contributed by atoms with E-state index < -0.39 is 0 Å². The summed E-state index contributed by atoms with van der Waals surface area (Å²) in [5.41, 5.74) is 0.752. The highest BCUT2D eigenvalue weighted by atomic mass is 16.5. The molecule has 1 aromatic heterocycles. The fourth-order valence-corrected chi connectivity index (χ4v) is 3.49. The number of hydrogen-bond acceptors (Lipinski definition) is 4. The highest BCUT2D eigenvalue weighted by Crippen LogP contribution is 2.32. The first-order valence-electron chi connectivity index (χ1n) is 8.20. The molecule has 3 atom stereocenters. The summed E-state index contributed by atoms with van der Waals surface area (Å²) in [6.45, 7) is 7.15. The number of piperidine rings is 1. The van der Waals surface area contributed by atoms with Crippen LogP contribution in [0.1, 0.15) is 26.7 Å². The minimum Gasteiger partial charge on any atom is -0.377 e. The first kappa shape index (κ1) is 15.4. The van der Waals surface area contributed by atoms with Gasteiger partial charge in [-0.05, 0) is 44.7 Å². The summed E-state index contributed by atoms with van der Waals surface area (Å²) >= 11 is 0. The first-order valence-corrected chi connectivity index (χ1v) is 8.20. The van der Waals surface area contributed by atoms with Crippen LogP contribution in [0.15, 0.2) is 24.5 Å². The number of carbonyl (C=O) groups is 1. The molecule has 5 nitrogen and oxygen atoms in total. The first-order chi connectivity index (χ1) is 10.6. The zero-order valence-electron chi connectivity index (χ0n) is 13.4. The molecular weight excluding hydrogens is 278 g/mol. The maximum atomic E-state index is 12.4. The summed E-state index contributed by atoms with van der Waals surface area (Å²) in [6, 6.07) is 4.24. The number of rotatable bonds is 3. The van der Waals surface area contributed by atoms with Crippen LogP contribution in [0, 0.1) is 11.8 Å². The Labute approximate surface area is 132 Å². The summed E-state index contributed by atoms with van der Waals surface area (Å²) in [5.74, 6) is 0.455. The summed E-state index contributed by atoms with van der Waals surface area (Å²) in [7, 11) is 0. The van der Waals surface area contributed by atoms with E-state index in [0.717, 1.165) is 31.6 Å². The summed E-state index contributed by atoms with van der Waals surface area (Å²) in [4.78, 5) is 18.9. The van der Waals surface area contributed by atoms with Crippen LogP contribution in [0.25, 0.3) is 0 Å². The Morgan fingerprint density at radius 2 is 2.36 bits per heavy atom. The molecule has 1 aromatic rings. The lowest BCUT2D eigenvalue weighted by Crippen LogP contribution is -2.51.